The Morgan fingerprint density at radius 2 is 2.26 bits per heavy atom. The average Bonchev–Trinajstić information content (AvgIpc) is 3.08. The highest BCUT2D eigenvalue weighted by molar-refractivity contribution is 5.87. The Kier molecular flexibility index (Phi) is 3.38. The maximum Gasteiger partial charge on any atom is 0.355 e. The highest BCUT2D eigenvalue weighted by Crippen LogP contribution is 2.32. The molecule has 0 amide bonds. The van der Waals surface area contributed by atoms with Crippen molar-refractivity contribution < 1.29 is 19.4 Å². The summed E-state index contributed by atoms with van der Waals surface area (Å²) in [7, 11) is 0. The second kappa shape index (κ2) is 5.17. The van der Waals surface area contributed by atoms with Crippen LogP contribution in [0.1, 0.15) is 47.8 Å². The SMILES string of the molecule is O=C(O)c1nc(OCC2CC2)ccc1C1CCCO1. The van der Waals surface area contributed by atoms with Crippen LogP contribution in [0.15, 0.2) is 12.1 Å². The standard InChI is InChI=1S/C14H17NO4/c16-14(17)13-10(11-2-1-7-18-11)5-6-12(15-13)19-8-9-3-4-9/h5-6,9,11H,1-4,7-8H2,(H,16,17). The minimum atomic E-state index is -1.03. The predicted octanol–water partition coefficient (Wildman–Crippen LogP) is 2.42. The maximum absolute atomic E-state index is 11.3. The van der Waals surface area contributed by atoms with Gasteiger partial charge in [-0.1, -0.05) is 0 Å². The molecule has 3 rings (SSSR count). The third-order valence-corrected chi connectivity index (χ3v) is 3.54. The number of hydrogen-bond donors (Lipinski definition) is 1. The van der Waals surface area contributed by atoms with E-state index in [1.165, 1.54) is 12.8 Å². The van der Waals surface area contributed by atoms with Crippen molar-refractivity contribution >= 4 is 5.97 Å². The highest BCUT2D eigenvalue weighted by atomic mass is 16.5. The van der Waals surface area contributed by atoms with Gasteiger partial charge in [0.25, 0.3) is 0 Å². The smallest absolute Gasteiger partial charge is 0.355 e. The topological polar surface area (TPSA) is 68.7 Å². The lowest BCUT2D eigenvalue weighted by atomic mass is 10.1. The fraction of sp³-hybridized carbons (Fsp3) is 0.571. The summed E-state index contributed by atoms with van der Waals surface area (Å²) in [5.41, 5.74) is 0.712. The van der Waals surface area contributed by atoms with E-state index in [-0.39, 0.29) is 11.8 Å². The number of hydrogen-bond acceptors (Lipinski definition) is 4. The van der Waals surface area contributed by atoms with Crippen molar-refractivity contribution in [1.29, 1.82) is 0 Å². The fourth-order valence-electron chi connectivity index (χ4n) is 2.27. The summed E-state index contributed by atoms with van der Waals surface area (Å²) >= 11 is 0. The Balaban J connectivity index is 1.80. The average molecular weight is 263 g/mol. The van der Waals surface area contributed by atoms with E-state index >= 15 is 0 Å². The van der Waals surface area contributed by atoms with Gasteiger partial charge in [0.15, 0.2) is 5.69 Å². The number of nitrogens with zero attached hydrogens (tertiary/aromatic N) is 1. The van der Waals surface area contributed by atoms with Crippen LogP contribution in [0, 0.1) is 5.92 Å². The van der Waals surface area contributed by atoms with Crippen LogP contribution in [0.2, 0.25) is 0 Å². The molecule has 0 radical (unpaired) electrons. The molecule has 1 aromatic heterocycles. The van der Waals surface area contributed by atoms with Crippen molar-refractivity contribution in [2.45, 2.75) is 31.8 Å². The highest BCUT2D eigenvalue weighted by Gasteiger charge is 2.26. The molecule has 0 aromatic carbocycles. The summed E-state index contributed by atoms with van der Waals surface area (Å²) in [5.74, 6) is -0.0126. The number of rotatable bonds is 5. The van der Waals surface area contributed by atoms with Gasteiger partial charge in [-0.2, -0.15) is 0 Å². The van der Waals surface area contributed by atoms with Crippen molar-refractivity contribution in [3.63, 3.8) is 0 Å². The van der Waals surface area contributed by atoms with E-state index in [0.29, 0.717) is 30.6 Å². The molecule has 2 heterocycles. The monoisotopic (exact) mass is 263 g/mol. The van der Waals surface area contributed by atoms with E-state index < -0.39 is 5.97 Å². The van der Waals surface area contributed by atoms with Gasteiger partial charge in [-0.3, -0.25) is 0 Å². The number of aromatic carboxylic acids is 1. The summed E-state index contributed by atoms with van der Waals surface area (Å²) in [5, 5.41) is 9.27. The first-order valence-corrected chi connectivity index (χ1v) is 6.72. The lowest BCUT2D eigenvalue weighted by Gasteiger charge is -2.13. The Morgan fingerprint density at radius 3 is 2.89 bits per heavy atom. The van der Waals surface area contributed by atoms with Crippen LogP contribution in [-0.4, -0.2) is 29.3 Å². The van der Waals surface area contributed by atoms with Crippen LogP contribution in [-0.2, 0) is 4.74 Å². The first kappa shape index (κ1) is 12.4. The van der Waals surface area contributed by atoms with Crippen molar-refractivity contribution in [2.75, 3.05) is 13.2 Å². The van der Waals surface area contributed by atoms with Crippen molar-refractivity contribution in [3.8, 4) is 5.88 Å². The lowest BCUT2D eigenvalue weighted by molar-refractivity contribution is 0.0672. The molecule has 102 valence electrons. The zero-order valence-electron chi connectivity index (χ0n) is 10.7. The molecular weight excluding hydrogens is 246 g/mol. The molecule has 1 aromatic rings. The Hall–Kier alpha value is -1.62. The van der Waals surface area contributed by atoms with Crippen molar-refractivity contribution in [1.82, 2.24) is 4.98 Å². The summed E-state index contributed by atoms with van der Waals surface area (Å²) in [6, 6.07) is 3.51. The van der Waals surface area contributed by atoms with E-state index in [4.69, 9.17) is 9.47 Å². The van der Waals surface area contributed by atoms with Gasteiger partial charge in [-0.15, -0.1) is 0 Å². The van der Waals surface area contributed by atoms with Gasteiger partial charge in [-0.05, 0) is 37.7 Å². The Labute approximate surface area is 111 Å². The predicted molar refractivity (Wildman–Crippen MR) is 67.3 cm³/mol. The lowest BCUT2D eigenvalue weighted by Crippen LogP contribution is -2.11. The van der Waals surface area contributed by atoms with Gasteiger partial charge in [0.1, 0.15) is 0 Å². The molecular formula is C14H17NO4. The first-order chi connectivity index (χ1) is 9.24. The minimum Gasteiger partial charge on any atom is -0.477 e. The van der Waals surface area contributed by atoms with E-state index in [1.807, 2.05) is 0 Å². The molecule has 1 atom stereocenters. The van der Waals surface area contributed by atoms with Crippen LogP contribution < -0.4 is 4.74 Å². The molecule has 5 nitrogen and oxygen atoms in total. The van der Waals surface area contributed by atoms with Gasteiger partial charge >= 0.3 is 5.97 Å². The molecule has 0 bridgehead atoms. The van der Waals surface area contributed by atoms with Crippen LogP contribution in [0.25, 0.3) is 0 Å². The molecule has 2 fully saturated rings. The molecule has 19 heavy (non-hydrogen) atoms. The zero-order chi connectivity index (χ0) is 13.2. The summed E-state index contributed by atoms with van der Waals surface area (Å²) in [6.07, 6.45) is 4.06. The molecule has 1 unspecified atom stereocenters. The van der Waals surface area contributed by atoms with E-state index in [1.54, 1.807) is 12.1 Å². The normalized spacial score (nSPS) is 22.4. The molecule has 1 N–H and O–H groups in total. The molecule has 1 saturated carbocycles. The summed E-state index contributed by atoms with van der Waals surface area (Å²) < 4.78 is 11.1. The Bertz CT molecular complexity index is 478. The quantitative estimate of drug-likeness (QED) is 0.883. The molecule has 1 aliphatic carbocycles. The van der Waals surface area contributed by atoms with E-state index in [9.17, 15) is 9.90 Å². The van der Waals surface area contributed by atoms with Gasteiger partial charge in [0, 0.05) is 18.2 Å². The molecule has 0 spiro atoms. The third kappa shape index (κ3) is 2.87. The molecule has 1 saturated heterocycles. The zero-order valence-corrected chi connectivity index (χ0v) is 10.7. The number of carbonyl (C=O) groups is 1. The summed E-state index contributed by atoms with van der Waals surface area (Å²) in [4.78, 5) is 15.4. The number of carboxylic acids is 1. The van der Waals surface area contributed by atoms with Crippen LogP contribution in [0.4, 0.5) is 0 Å². The van der Waals surface area contributed by atoms with Gasteiger partial charge in [0.2, 0.25) is 5.88 Å². The van der Waals surface area contributed by atoms with Crippen molar-refractivity contribution in [3.05, 3.63) is 23.4 Å². The maximum atomic E-state index is 11.3. The van der Waals surface area contributed by atoms with Crippen LogP contribution in [0.5, 0.6) is 5.88 Å². The van der Waals surface area contributed by atoms with Crippen LogP contribution in [0.3, 0.4) is 0 Å². The van der Waals surface area contributed by atoms with Gasteiger partial charge in [-0.25, -0.2) is 9.78 Å². The first-order valence-electron chi connectivity index (χ1n) is 6.72. The van der Waals surface area contributed by atoms with E-state index in [0.717, 1.165) is 12.8 Å². The van der Waals surface area contributed by atoms with Gasteiger partial charge < -0.3 is 14.6 Å². The fourth-order valence-corrected chi connectivity index (χ4v) is 2.27. The largest absolute Gasteiger partial charge is 0.477 e. The molecule has 2 aliphatic rings. The number of ether oxygens (including phenoxy) is 2. The number of carboxylic acid groups (broad SMARTS) is 1. The number of pyridine rings is 1. The Morgan fingerprint density at radius 1 is 1.42 bits per heavy atom. The van der Waals surface area contributed by atoms with E-state index in [2.05, 4.69) is 4.98 Å². The summed E-state index contributed by atoms with van der Waals surface area (Å²) in [6.45, 7) is 1.31. The molecule has 1 aliphatic heterocycles. The number of aromatic nitrogens is 1. The molecule has 5 heteroatoms. The third-order valence-electron chi connectivity index (χ3n) is 3.54. The van der Waals surface area contributed by atoms with Crippen molar-refractivity contribution in [2.24, 2.45) is 5.92 Å². The van der Waals surface area contributed by atoms with Gasteiger partial charge in [0.05, 0.1) is 12.7 Å². The van der Waals surface area contributed by atoms with Crippen LogP contribution >= 0.6 is 0 Å². The minimum absolute atomic E-state index is 0.0557. The second-order valence-electron chi connectivity index (χ2n) is 5.15. The second-order valence-corrected chi connectivity index (χ2v) is 5.15.